The van der Waals surface area contributed by atoms with Crippen LogP contribution in [-0.4, -0.2) is 63.3 Å². The summed E-state index contributed by atoms with van der Waals surface area (Å²) in [4.78, 5) is 9.94. The Bertz CT molecular complexity index is 740. The SMILES string of the molecule is NCC1(N/C=C(/O)C(N)=Nc2ccnc(F)c2)CCC(N2CCC(O)CC2)CC1. The van der Waals surface area contributed by atoms with E-state index >= 15 is 0 Å². The molecule has 29 heavy (non-hydrogen) atoms. The van der Waals surface area contributed by atoms with Gasteiger partial charge in [0.05, 0.1) is 11.8 Å². The highest BCUT2D eigenvalue weighted by atomic mass is 19.1. The van der Waals surface area contributed by atoms with Gasteiger partial charge in [0.1, 0.15) is 0 Å². The quantitative estimate of drug-likeness (QED) is 0.208. The number of aromatic nitrogens is 1. The Morgan fingerprint density at radius 2 is 2.03 bits per heavy atom. The van der Waals surface area contributed by atoms with E-state index in [-0.39, 0.29) is 28.9 Å². The Balaban J connectivity index is 1.58. The van der Waals surface area contributed by atoms with E-state index < -0.39 is 5.95 Å². The largest absolute Gasteiger partial charge is 0.503 e. The number of nitrogens with zero attached hydrogens (tertiary/aromatic N) is 3. The molecule has 2 heterocycles. The molecule has 0 spiro atoms. The minimum Gasteiger partial charge on any atom is -0.503 e. The van der Waals surface area contributed by atoms with Crippen molar-refractivity contribution in [3.8, 4) is 0 Å². The molecule has 2 fully saturated rings. The number of amidine groups is 1. The Labute approximate surface area is 170 Å². The Hall–Kier alpha value is -2.23. The van der Waals surface area contributed by atoms with Crippen LogP contribution in [0.4, 0.5) is 10.1 Å². The molecule has 0 bridgehead atoms. The second-order valence-electron chi connectivity index (χ2n) is 7.99. The normalized spacial score (nSPS) is 27.8. The van der Waals surface area contributed by atoms with Crippen molar-refractivity contribution in [3.63, 3.8) is 0 Å². The third-order valence-electron chi connectivity index (χ3n) is 6.06. The topological polar surface area (TPSA) is 133 Å². The first-order valence-electron chi connectivity index (χ1n) is 10.2. The number of halogens is 1. The molecule has 1 saturated carbocycles. The van der Waals surface area contributed by atoms with E-state index in [2.05, 4.69) is 20.2 Å². The maximum absolute atomic E-state index is 13.2. The minimum absolute atomic E-state index is 0.115. The molecule has 1 aromatic rings. The van der Waals surface area contributed by atoms with E-state index in [1.54, 1.807) is 0 Å². The highest BCUT2D eigenvalue weighted by molar-refractivity contribution is 5.96. The summed E-state index contributed by atoms with van der Waals surface area (Å²) < 4.78 is 13.2. The Kier molecular flexibility index (Phi) is 7.05. The lowest BCUT2D eigenvalue weighted by Crippen LogP contribution is -2.55. The number of rotatable bonds is 6. The van der Waals surface area contributed by atoms with Gasteiger partial charge in [-0.05, 0) is 44.6 Å². The lowest BCUT2D eigenvalue weighted by molar-refractivity contribution is 0.0409. The van der Waals surface area contributed by atoms with Crippen LogP contribution >= 0.6 is 0 Å². The maximum atomic E-state index is 13.2. The molecule has 0 atom stereocenters. The summed E-state index contributed by atoms with van der Waals surface area (Å²) in [6.07, 6.45) is 8.01. The van der Waals surface area contributed by atoms with E-state index in [4.69, 9.17) is 11.5 Å². The maximum Gasteiger partial charge on any atom is 0.214 e. The predicted molar refractivity (Wildman–Crippen MR) is 110 cm³/mol. The minimum atomic E-state index is -0.664. The lowest BCUT2D eigenvalue weighted by atomic mass is 9.78. The number of hydrogen-bond donors (Lipinski definition) is 5. The molecule has 0 radical (unpaired) electrons. The average molecular weight is 407 g/mol. The fourth-order valence-electron chi connectivity index (χ4n) is 4.13. The van der Waals surface area contributed by atoms with Crippen molar-refractivity contribution in [3.05, 3.63) is 36.2 Å². The number of piperidine rings is 1. The van der Waals surface area contributed by atoms with Crippen molar-refractivity contribution < 1.29 is 14.6 Å². The fourth-order valence-corrected chi connectivity index (χ4v) is 4.13. The summed E-state index contributed by atoms with van der Waals surface area (Å²) >= 11 is 0. The first-order chi connectivity index (χ1) is 13.9. The molecule has 1 aromatic heterocycles. The van der Waals surface area contributed by atoms with Crippen molar-refractivity contribution >= 4 is 11.5 Å². The highest BCUT2D eigenvalue weighted by Crippen LogP contribution is 2.32. The lowest BCUT2D eigenvalue weighted by Gasteiger charge is -2.45. The van der Waals surface area contributed by atoms with Crippen LogP contribution in [0.1, 0.15) is 38.5 Å². The van der Waals surface area contributed by atoms with Gasteiger partial charge in [-0.1, -0.05) is 0 Å². The summed E-state index contributed by atoms with van der Waals surface area (Å²) in [5.41, 5.74) is 11.8. The zero-order chi connectivity index (χ0) is 20.9. The summed E-state index contributed by atoms with van der Waals surface area (Å²) in [7, 11) is 0. The number of aliphatic hydroxyl groups is 2. The van der Waals surface area contributed by atoms with Gasteiger partial charge < -0.3 is 31.9 Å². The molecule has 3 rings (SSSR count). The van der Waals surface area contributed by atoms with Gasteiger partial charge in [-0.3, -0.25) is 0 Å². The van der Waals surface area contributed by atoms with Crippen molar-refractivity contribution in [2.45, 2.75) is 56.2 Å². The summed E-state index contributed by atoms with van der Waals surface area (Å²) in [6, 6.07) is 3.14. The molecule has 0 amide bonds. The molecule has 1 saturated heterocycles. The van der Waals surface area contributed by atoms with Gasteiger partial charge in [0.25, 0.3) is 0 Å². The van der Waals surface area contributed by atoms with E-state index in [1.807, 2.05) is 0 Å². The van der Waals surface area contributed by atoms with E-state index in [0.29, 0.717) is 12.6 Å². The summed E-state index contributed by atoms with van der Waals surface area (Å²) in [5.74, 6) is -0.999. The van der Waals surface area contributed by atoms with E-state index in [1.165, 1.54) is 18.5 Å². The predicted octanol–water partition coefficient (Wildman–Crippen LogP) is 1.30. The monoisotopic (exact) mass is 406 g/mol. The van der Waals surface area contributed by atoms with Gasteiger partial charge in [0.2, 0.25) is 5.95 Å². The molecule has 1 aliphatic heterocycles. The number of aliphatic hydroxyl groups excluding tert-OH is 2. The van der Waals surface area contributed by atoms with Crippen LogP contribution in [-0.2, 0) is 0 Å². The molecule has 8 nitrogen and oxygen atoms in total. The molecule has 0 aromatic carbocycles. The standard InChI is InChI=1S/C20H31FN6O2/c21-18-11-14(3-8-24-18)26-19(23)17(29)12-25-20(13-22)6-1-15(2-7-20)27-9-4-16(28)5-10-27/h3,8,11-12,15-16,25,28-29H,1-2,4-7,9-10,13,22H2,(H2,23,24,26)/b17-12+. The number of likely N-dealkylation sites (tertiary alicyclic amines) is 1. The molecule has 0 unspecified atom stereocenters. The number of nitrogens with one attached hydrogen (secondary N) is 1. The van der Waals surface area contributed by atoms with Gasteiger partial charge in [-0.15, -0.1) is 0 Å². The third kappa shape index (κ3) is 5.65. The van der Waals surface area contributed by atoms with Gasteiger partial charge in [-0.2, -0.15) is 4.39 Å². The van der Waals surface area contributed by atoms with Crippen LogP contribution in [0.3, 0.4) is 0 Å². The Morgan fingerprint density at radius 1 is 1.34 bits per heavy atom. The number of aliphatic imine (C=N–C) groups is 1. The van der Waals surface area contributed by atoms with Crippen molar-refractivity contribution in [2.24, 2.45) is 16.5 Å². The number of pyridine rings is 1. The fraction of sp³-hybridized carbons (Fsp3) is 0.600. The van der Waals surface area contributed by atoms with Gasteiger partial charge >= 0.3 is 0 Å². The molecule has 7 N–H and O–H groups in total. The highest BCUT2D eigenvalue weighted by Gasteiger charge is 2.36. The second-order valence-corrected chi connectivity index (χ2v) is 7.99. The molecular formula is C20H31FN6O2. The van der Waals surface area contributed by atoms with Crippen LogP contribution < -0.4 is 16.8 Å². The third-order valence-corrected chi connectivity index (χ3v) is 6.06. The molecule has 2 aliphatic rings. The first-order valence-corrected chi connectivity index (χ1v) is 10.2. The van der Waals surface area contributed by atoms with Crippen LogP contribution in [0.2, 0.25) is 0 Å². The zero-order valence-electron chi connectivity index (χ0n) is 16.6. The molecular weight excluding hydrogens is 375 g/mol. The van der Waals surface area contributed by atoms with Gasteiger partial charge in [0.15, 0.2) is 11.6 Å². The van der Waals surface area contributed by atoms with Crippen LogP contribution in [0.15, 0.2) is 35.3 Å². The van der Waals surface area contributed by atoms with Crippen LogP contribution in [0.5, 0.6) is 0 Å². The molecule has 9 heteroatoms. The number of hydrogen-bond acceptors (Lipinski definition) is 7. The smallest absolute Gasteiger partial charge is 0.214 e. The Morgan fingerprint density at radius 3 is 2.66 bits per heavy atom. The van der Waals surface area contributed by atoms with Crippen LogP contribution in [0.25, 0.3) is 0 Å². The van der Waals surface area contributed by atoms with E-state index in [9.17, 15) is 14.6 Å². The molecule has 1 aliphatic carbocycles. The molecule has 160 valence electrons. The zero-order valence-corrected chi connectivity index (χ0v) is 16.6. The average Bonchev–Trinajstić information content (AvgIpc) is 2.73. The van der Waals surface area contributed by atoms with Crippen molar-refractivity contribution in [1.82, 2.24) is 15.2 Å². The van der Waals surface area contributed by atoms with Crippen molar-refractivity contribution in [1.29, 1.82) is 0 Å². The summed E-state index contributed by atoms with van der Waals surface area (Å²) in [6.45, 7) is 2.32. The number of nitrogens with two attached hydrogens (primary N) is 2. The van der Waals surface area contributed by atoms with Crippen molar-refractivity contribution in [2.75, 3.05) is 19.6 Å². The summed E-state index contributed by atoms with van der Waals surface area (Å²) in [5, 5.41) is 23.2. The van der Waals surface area contributed by atoms with E-state index in [0.717, 1.165) is 57.7 Å². The van der Waals surface area contributed by atoms with Crippen LogP contribution in [0, 0.1) is 5.95 Å². The first kappa shape index (κ1) is 21.5. The van der Waals surface area contributed by atoms with Gasteiger partial charge in [0, 0.05) is 49.7 Å². The second kappa shape index (κ2) is 9.51. The van der Waals surface area contributed by atoms with Gasteiger partial charge in [-0.25, -0.2) is 9.98 Å².